The lowest BCUT2D eigenvalue weighted by molar-refractivity contribution is 0.467. The summed E-state index contributed by atoms with van der Waals surface area (Å²) in [5, 5.41) is 2.31. The minimum absolute atomic E-state index is 0.000222. The Morgan fingerprint density at radius 1 is 1.03 bits per heavy atom. The molecule has 0 bridgehead atoms. The second-order valence-electron chi connectivity index (χ2n) is 7.42. The van der Waals surface area contributed by atoms with Crippen molar-refractivity contribution in [2.75, 3.05) is 0 Å². The molecule has 0 spiro atoms. The van der Waals surface area contributed by atoms with Gasteiger partial charge in [0.25, 0.3) is 0 Å². The number of aryl methyl sites for hydroxylation is 3. The number of ether oxygens (including phenoxy) is 1. The van der Waals surface area contributed by atoms with Gasteiger partial charge in [-0.3, -0.25) is 4.79 Å². The molecule has 0 radical (unpaired) electrons. The van der Waals surface area contributed by atoms with Crippen LogP contribution in [0.3, 0.4) is 0 Å². The molecule has 0 unspecified atom stereocenters. The van der Waals surface area contributed by atoms with E-state index in [9.17, 15) is 4.79 Å². The molecule has 0 atom stereocenters. The van der Waals surface area contributed by atoms with Gasteiger partial charge in [-0.1, -0.05) is 12.1 Å². The number of hydrogen-bond acceptors (Lipinski definition) is 5. The maximum absolute atomic E-state index is 13.0. The van der Waals surface area contributed by atoms with Gasteiger partial charge in [-0.2, -0.15) is 4.98 Å². The lowest BCUT2D eigenvalue weighted by Gasteiger charge is -2.09. The Balaban J connectivity index is 1.52. The third-order valence-electron chi connectivity index (χ3n) is 5.53. The molecule has 6 rings (SSSR count). The van der Waals surface area contributed by atoms with Crippen LogP contribution in [0.4, 0.5) is 0 Å². The molecule has 0 saturated carbocycles. The van der Waals surface area contributed by atoms with Crippen molar-refractivity contribution < 1.29 is 4.74 Å². The van der Waals surface area contributed by atoms with Crippen LogP contribution in [0.5, 0.6) is 11.6 Å². The number of benzene rings is 2. The highest BCUT2D eigenvalue weighted by molar-refractivity contribution is 7.19. The summed E-state index contributed by atoms with van der Waals surface area (Å²) >= 11 is 1.75. The predicted octanol–water partition coefficient (Wildman–Crippen LogP) is 5.28. The molecular formula is C23H17N3O2S. The summed E-state index contributed by atoms with van der Waals surface area (Å²) in [7, 11) is 0. The van der Waals surface area contributed by atoms with Crippen LogP contribution in [0, 0.1) is 6.92 Å². The molecule has 2 aromatic carbocycles. The van der Waals surface area contributed by atoms with Crippen molar-refractivity contribution in [3.63, 3.8) is 0 Å². The number of nitrogens with one attached hydrogen (secondary N) is 1. The first-order valence-electron chi connectivity index (χ1n) is 9.69. The number of thiophene rings is 1. The van der Waals surface area contributed by atoms with Crippen molar-refractivity contribution in [2.24, 2.45) is 0 Å². The third-order valence-corrected chi connectivity index (χ3v) is 6.72. The zero-order valence-electron chi connectivity index (χ0n) is 15.8. The summed E-state index contributed by atoms with van der Waals surface area (Å²) in [6.07, 6.45) is 3.32. The van der Waals surface area contributed by atoms with Crippen molar-refractivity contribution in [3.05, 3.63) is 69.0 Å². The van der Waals surface area contributed by atoms with Crippen molar-refractivity contribution in [2.45, 2.75) is 26.2 Å². The zero-order valence-corrected chi connectivity index (χ0v) is 16.6. The monoisotopic (exact) mass is 399 g/mol. The Labute approximate surface area is 170 Å². The van der Waals surface area contributed by atoms with Gasteiger partial charge in [-0.15, -0.1) is 11.3 Å². The summed E-state index contributed by atoms with van der Waals surface area (Å²) in [4.78, 5) is 27.9. The minimum atomic E-state index is 0.000222. The van der Waals surface area contributed by atoms with Gasteiger partial charge in [-0.05, 0) is 62.1 Å². The summed E-state index contributed by atoms with van der Waals surface area (Å²) in [5.74, 6) is 1.89. The fraction of sp³-hybridized carbons (Fsp3) is 0.174. The number of para-hydroxylation sites is 1. The molecule has 0 aliphatic heterocycles. The number of nitrogens with zero attached hydrogens (tertiary/aromatic N) is 2. The van der Waals surface area contributed by atoms with Crippen molar-refractivity contribution in [1.82, 2.24) is 15.0 Å². The molecule has 1 aliphatic rings. The highest BCUT2D eigenvalue weighted by Crippen LogP contribution is 2.41. The molecule has 0 fully saturated rings. The van der Waals surface area contributed by atoms with E-state index < -0.39 is 0 Å². The van der Waals surface area contributed by atoms with Gasteiger partial charge < -0.3 is 9.72 Å². The Hall–Kier alpha value is -3.25. The number of aromatic amines is 1. The lowest BCUT2D eigenvalue weighted by atomic mass is 10.1. The van der Waals surface area contributed by atoms with E-state index in [4.69, 9.17) is 4.74 Å². The predicted molar refractivity (Wildman–Crippen MR) is 116 cm³/mol. The van der Waals surface area contributed by atoms with Crippen LogP contribution in [0.25, 0.3) is 32.0 Å². The third kappa shape index (κ3) is 2.56. The second-order valence-corrected chi connectivity index (χ2v) is 8.51. The van der Waals surface area contributed by atoms with Crippen LogP contribution in [-0.2, 0) is 12.8 Å². The largest absolute Gasteiger partial charge is 0.438 e. The lowest BCUT2D eigenvalue weighted by Crippen LogP contribution is -2.04. The normalized spacial score (nSPS) is 13.4. The number of rotatable bonds is 2. The molecule has 1 N–H and O–H groups in total. The number of aromatic nitrogens is 3. The Morgan fingerprint density at radius 3 is 2.83 bits per heavy atom. The molecular weight excluding hydrogens is 382 g/mol. The first-order chi connectivity index (χ1) is 14.2. The Morgan fingerprint density at radius 2 is 1.90 bits per heavy atom. The van der Waals surface area contributed by atoms with Gasteiger partial charge in [0.15, 0.2) is 5.43 Å². The highest BCUT2D eigenvalue weighted by Gasteiger charge is 2.23. The quantitative estimate of drug-likeness (QED) is 0.410. The van der Waals surface area contributed by atoms with Gasteiger partial charge in [0.1, 0.15) is 16.4 Å². The molecule has 5 aromatic rings. The van der Waals surface area contributed by atoms with Crippen LogP contribution >= 0.6 is 11.3 Å². The summed E-state index contributed by atoms with van der Waals surface area (Å²) in [5.41, 5.74) is 2.95. The fourth-order valence-corrected chi connectivity index (χ4v) is 5.51. The zero-order chi connectivity index (χ0) is 19.5. The minimum Gasteiger partial charge on any atom is -0.438 e. The number of H-pyrrole nitrogens is 1. The second kappa shape index (κ2) is 6.12. The van der Waals surface area contributed by atoms with Crippen molar-refractivity contribution in [1.29, 1.82) is 0 Å². The SMILES string of the molecule is Cc1nc(Oc2ccc3[nH]c4ccccc4c(=O)c3c2)c2c3c(sc2n1)CCC3. The molecule has 3 aromatic heterocycles. The van der Waals surface area contributed by atoms with Crippen LogP contribution in [-0.4, -0.2) is 15.0 Å². The first-order valence-corrected chi connectivity index (χ1v) is 10.5. The molecule has 0 amide bonds. The van der Waals surface area contributed by atoms with Crippen molar-refractivity contribution in [3.8, 4) is 11.6 Å². The summed E-state index contributed by atoms with van der Waals surface area (Å²) < 4.78 is 6.23. The van der Waals surface area contributed by atoms with Crippen LogP contribution < -0.4 is 10.2 Å². The molecule has 0 saturated heterocycles. The van der Waals surface area contributed by atoms with Crippen LogP contribution in [0.1, 0.15) is 22.7 Å². The van der Waals surface area contributed by atoms with Gasteiger partial charge in [0, 0.05) is 21.2 Å². The van der Waals surface area contributed by atoms with Gasteiger partial charge in [0.05, 0.1) is 10.9 Å². The smallest absolute Gasteiger partial charge is 0.231 e. The van der Waals surface area contributed by atoms with E-state index in [1.54, 1.807) is 17.4 Å². The van der Waals surface area contributed by atoms with Crippen LogP contribution in [0.2, 0.25) is 0 Å². The van der Waals surface area contributed by atoms with Gasteiger partial charge in [-0.25, -0.2) is 4.98 Å². The maximum Gasteiger partial charge on any atom is 0.231 e. The van der Waals surface area contributed by atoms with Gasteiger partial charge in [0.2, 0.25) is 5.88 Å². The van der Waals surface area contributed by atoms with E-state index in [-0.39, 0.29) is 5.43 Å². The molecule has 142 valence electrons. The van der Waals surface area contributed by atoms with Crippen molar-refractivity contribution >= 4 is 43.4 Å². The maximum atomic E-state index is 13.0. The van der Waals surface area contributed by atoms with E-state index in [1.165, 1.54) is 16.9 Å². The average Bonchev–Trinajstić information content (AvgIpc) is 3.29. The summed E-state index contributed by atoms with van der Waals surface area (Å²) in [6.45, 7) is 1.88. The van der Waals surface area contributed by atoms with E-state index in [0.29, 0.717) is 28.2 Å². The van der Waals surface area contributed by atoms with E-state index in [2.05, 4.69) is 15.0 Å². The highest BCUT2D eigenvalue weighted by atomic mass is 32.1. The molecule has 5 nitrogen and oxygen atoms in total. The number of fused-ring (bicyclic) bond motifs is 5. The van der Waals surface area contributed by atoms with Gasteiger partial charge >= 0.3 is 0 Å². The Bertz CT molecular complexity index is 1500. The molecule has 29 heavy (non-hydrogen) atoms. The van der Waals surface area contributed by atoms with E-state index in [0.717, 1.165) is 34.1 Å². The fourth-order valence-electron chi connectivity index (χ4n) is 4.21. The molecule has 6 heteroatoms. The topological polar surface area (TPSA) is 67.9 Å². The van der Waals surface area contributed by atoms with E-state index >= 15 is 0 Å². The Kier molecular flexibility index (Phi) is 3.52. The average molecular weight is 399 g/mol. The standard InChI is InChI=1S/C23H17N3O2S/c1-12-24-22(20-15-6-4-8-19(15)29-23(20)25-12)28-13-9-10-18-16(11-13)21(27)14-5-2-3-7-17(14)26-18/h2-3,5,7,9-11H,4,6,8H2,1H3,(H,26,27). The van der Waals surface area contributed by atoms with Crippen LogP contribution in [0.15, 0.2) is 47.3 Å². The number of hydrogen-bond donors (Lipinski definition) is 1. The van der Waals surface area contributed by atoms with E-state index in [1.807, 2.05) is 43.3 Å². The summed E-state index contributed by atoms with van der Waals surface area (Å²) in [6, 6.07) is 13.1. The molecule has 3 heterocycles. The molecule has 1 aliphatic carbocycles. The first kappa shape index (κ1) is 16.7. The number of pyridine rings is 1.